The molecule has 0 atom stereocenters. The second kappa shape index (κ2) is 6.43. The van der Waals surface area contributed by atoms with Gasteiger partial charge >= 0.3 is 0 Å². The molecule has 3 nitrogen and oxygen atoms in total. The molecule has 4 heteroatoms. The first-order valence-corrected chi connectivity index (χ1v) is 8.32. The summed E-state index contributed by atoms with van der Waals surface area (Å²) in [4.78, 5) is 4.46. The number of hydrogen-bond acceptors (Lipinski definition) is 2. The molecule has 120 valence electrons. The van der Waals surface area contributed by atoms with Gasteiger partial charge in [0.2, 0.25) is 0 Å². The fourth-order valence-corrected chi connectivity index (χ4v) is 3.32. The predicted octanol–water partition coefficient (Wildman–Crippen LogP) is 5.28. The van der Waals surface area contributed by atoms with E-state index in [1.54, 1.807) is 6.33 Å². The Bertz CT molecular complexity index is 1090. The van der Waals surface area contributed by atoms with E-state index in [1.807, 2.05) is 59.2 Å². The van der Waals surface area contributed by atoms with Crippen LogP contribution in [0.15, 0.2) is 73.1 Å². The number of rotatable bonds is 3. The zero-order valence-electron chi connectivity index (χ0n) is 13.4. The van der Waals surface area contributed by atoms with Crippen LogP contribution in [0, 0.1) is 11.3 Å². The molecular formula is C21H14ClN3. The lowest BCUT2D eigenvalue weighted by Gasteiger charge is -2.10. The van der Waals surface area contributed by atoms with E-state index in [1.165, 1.54) is 0 Å². The van der Waals surface area contributed by atoms with Crippen molar-refractivity contribution >= 4 is 22.6 Å². The van der Waals surface area contributed by atoms with Gasteiger partial charge in [0, 0.05) is 22.7 Å². The number of hydrogen-bond donors (Lipinski definition) is 0. The van der Waals surface area contributed by atoms with Crippen molar-refractivity contribution in [3.63, 3.8) is 0 Å². The van der Waals surface area contributed by atoms with Gasteiger partial charge in [-0.3, -0.25) is 0 Å². The lowest BCUT2D eigenvalue weighted by Crippen LogP contribution is -2.00. The van der Waals surface area contributed by atoms with Gasteiger partial charge in [-0.1, -0.05) is 66.2 Å². The largest absolute Gasteiger partial charge is 0.325 e. The third kappa shape index (κ3) is 2.77. The lowest BCUT2D eigenvalue weighted by atomic mass is 9.99. The second-order valence-corrected chi connectivity index (χ2v) is 6.21. The van der Waals surface area contributed by atoms with Crippen molar-refractivity contribution in [1.82, 2.24) is 9.55 Å². The normalized spacial score (nSPS) is 10.7. The SMILES string of the molecule is N#Cc1c(-c2ccccc2Cl)ccc2ncn(Cc3ccccc3)c12. The van der Waals surface area contributed by atoms with Crippen LogP contribution < -0.4 is 0 Å². The van der Waals surface area contributed by atoms with Crippen molar-refractivity contribution < 1.29 is 0 Å². The van der Waals surface area contributed by atoms with Gasteiger partial charge in [0.15, 0.2) is 0 Å². The Kier molecular flexibility index (Phi) is 3.97. The minimum Gasteiger partial charge on any atom is -0.325 e. The molecule has 0 aliphatic rings. The molecule has 0 saturated carbocycles. The highest BCUT2D eigenvalue weighted by Gasteiger charge is 2.15. The topological polar surface area (TPSA) is 41.6 Å². The van der Waals surface area contributed by atoms with E-state index >= 15 is 0 Å². The summed E-state index contributed by atoms with van der Waals surface area (Å²) in [6.45, 7) is 0.665. The van der Waals surface area contributed by atoms with Crippen LogP contribution in [0.3, 0.4) is 0 Å². The number of nitrogens with zero attached hydrogens (tertiary/aromatic N) is 3. The van der Waals surface area contributed by atoms with Gasteiger partial charge in [0.1, 0.15) is 6.07 Å². The van der Waals surface area contributed by atoms with Crippen LogP contribution in [0.1, 0.15) is 11.1 Å². The summed E-state index contributed by atoms with van der Waals surface area (Å²) in [7, 11) is 0. The fourth-order valence-electron chi connectivity index (χ4n) is 3.08. The lowest BCUT2D eigenvalue weighted by molar-refractivity contribution is 0.824. The number of halogens is 1. The van der Waals surface area contributed by atoms with E-state index in [-0.39, 0.29) is 0 Å². The van der Waals surface area contributed by atoms with Gasteiger partial charge < -0.3 is 4.57 Å². The second-order valence-electron chi connectivity index (χ2n) is 5.81. The van der Waals surface area contributed by atoms with Crippen LogP contribution in [-0.2, 0) is 6.54 Å². The molecule has 4 aromatic rings. The standard InChI is InChI=1S/C21H14ClN3/c22-19-9-5-4-8-17(19)16-10-11-20-21(18(16)12-23)25(14-24-20)13-15-6-2-1-3-7-15/h1-11,14H,13H2. The molecule has 3 aromatic carbocycles. The van der Waals surface area contributed by atoms with Crippen molar-refractivity contribution in [2.45, 2.75) is 6.54 Å². The Morgan fingerprint density at radius 3 is 2.44 bits per heavy atom. The molecule has 0 unspecified atom stereocenters. The third-order valence-corrected chi connectivity index (χ3v) is 4.58. The highest BCUT2D eigenvalue weighted by molar-refractivity contribution is 6.33. The molecule has 0 aliphatic carbocycles. The summed E-state index contributed by atoms with van der Waals surface area (Å²) in [5, 5.41) is 10.5. The first-order chi connectivity index (χ1) is 12.3. The molecule has 1 aromatic heterocycles. The smallest absolute Gasteiger partial charge is 0.102 e. The summed E-state index contributed by atoms with van der Waals surface area (Å²) < 4.78 is 2.02. The molecular weight excluding hydrogens is 330 g/mol. The maximum absolute atomic E-state index is 9.84. The summed E-state index contributed by atoms with van der Waals surface area (Å²) in [5.41, 5.74) is 5.09. The van der Waals surface area contributed by atoms with Crippen LogP contribution in [0.4, 0.5) is 0 Å². The quantitative estimate of drug-likeness (QED) is 0.508. The monoisotopic (exact) mass is 343 g/mol. The molecule has 25 heavy (non-hydrogen) atoms. The molecule has 0 spiro atoms. The third-order valence-electron chi connectivity index (χ3n) is 4.25. The number of benzene rings is 3. The molecule has 0 N–H and O–H groups in total. The average Bonchev–Trinajstić information content (AvgIpc) is 3.05. The van der Waals surface area contributed by atoms with Gasteiger partial charge in [0.25, 0.3) is 0 Å². The van der Waals surface area contributed by atoms with Crippen LogP contribution in [0.5, 0.6) is 0 Å². The zero-order chi connectivity index (χ0) is 17.2. The molecule has 0 amide bonds. The van der Waals surface area contributed by atoms with E-state index in [4.69, 9.17) is 11.6 Å². The predicted molar refractivity (Wildman–Crippen MR) is 100 cm³/mol. The Hall–Kier alpha value is -3.09. The number of aromatic nitrogens is 2. The Balaban J connectivity index is 1.92. The van der Waals surface area contributed by atoms with Gasteiger partial charge in [-0.05, 0) is 17.7 Å². The summed E-state index contributed by atoms with van der Waals surface area (Å²) in [6, 6.07) is 23.9. The molecule has 0 fully saturated rings. The van der Waals surface area contributed by atoms with Gasteiger partial charge in [-0.15, -0.1) is 0 Å². The Labute approximate surface area is 150 Å². The van der Waals surface area contributed by atoms with Crippen LogP contribution in [0.2, 0.25) is 5.02 Å². The first kappa shape index (κ1) is 15.4. The van der Waals surface area contributed by atoms with Gasteiger partial charge in [-0.2, -0.15) is 5.26 Å². The van der Waals surface area contributed by atoms with Crippen molar-refractivity contribution in [2.24, 2.45) is 0 Å². The highest BCUT2D eigenvalue weighted by atomic mass is 35.5. The Morgan fingerprint density at radius 2 is 1.68 bits per heavy atom. The van der Waals surface area contributed by atoms with Crippen molar-refractivity contribution in [2.75, 3.05) is 0 Å². The van der Waals surface area contributed by atoms with Crippen LogP contribution in [0.25, 0.3) is 22.2 Å². The number of fused-ring (bicyclic) bond motifs is 1. The van der Waals surface area contributed by atoms with E-state index in [2.05, 4.69) is 23.2 Å². The van der Waals surface area contributed by atoms with Gasteiger partial charge in [-0.25, -0.2) is 4.98 Å². The molecule has 0 bridgehead atoms. The minimum absolute atomic E-state index is 0.596. The molecule has 1 heterocycles. The maximum atomic E-state index is 9.84. The van der Waals surface area contributed by atoms with Crippen LogP contribution >= 0.6 is 11.6 Å². The first-order valence-electron chi connectivity index (χ1n) is 7.94. The van der Waals surface area contributed by atoms with Crippen LogP contribution in [-0.4, -0.2) is 9.55 Å². The average molecular weight is 344 g/mol. The van der Waals surface area contributed by atoms with Gasteiger partial charge in [0.05, 0.1) is 22.9 Å². The van der Waals surface area contributed by atoms with E-state index < -0.39 is 0 Å². The highest BCUT2D eigenvalue weighted by Crippen LogP contribution is 2.33. The molecule has 0 saturated heterocycles. The molecule has 4 rings (SSSR count). The number of imidazole rings is 1. The minimum atomic E-state index is 0.596. The zero-order valence-corrected chi connectivity index (χ0v) is 14.1. The maximum Gasteiger partial charge on any atom is 0.102 e. The Morgan fingerprint density at radius 1 is 0.920 bits per heavy atom. The van der Waals surface area contributed by atoms with E-state index in [0.29, 0.717) is 17.1 Å². The molecule has 0 aliphatic heterocycles. The summed E-state index contributed by atoms with van der Waals surface area (Å²) in [6.07, 6.45) is 1.79. The number of nitriles is 1. The van der Waals surface area contributed by atoms with Crippen molar-refractivity contribution in [3.8, 4) is 17.2 Å². The van der Waals surface area contributed by atoms with Crippen molar-refractivity contribution in [3.05, 3.63) is 89.2 Å². The summed E-state index contributed by atoms with van der Waals surface area (Å²) >= 11 is 6.35. The fraction of sp³-hybridized carbons (Fsp3) is 0.0476. The molecule has 0 radical (unpaired) electrons. The van der Waals surface area contributed by atoms with Crippen molar-refractivity contribution in [1.29, 1.82) is 5.26 Å². The van der Waals surface area contributed by atoms with E-state index in [0.717, 1.165) is 27.7 Å². The summed E-state index contributed by atoms with van der Waals surface area (Å²) in [5.74, 6) is 0. The van der Waals surface area contributed by atoms with E-state index in [9.17, 15) is 5.26 Å².